The normalized spacial score (nSPS) is 16.1. The number of quaternary nitrogens is 1. The van der Waals surface area contributed by atoms with Gasteiger partial charge in [0.15, 0.2) is 11.5 Å². The Hall–Kier alpha value is -3.47. The molecule has 0 aliphatic carbocycles. The lowest BCUT2D eigenvalue weighted by atomic mass is 10.1. The summed E-state index contributed by atoms with van der Waals surface area (Å²) in [5.41, 5.74) is 3.03. The Morgan fingerprint density at radius 1 is 1.00 bits per heavy atom. The SMILES string of the molecule is Cc1cccc(C)c1NC(=O)c1cc(S(=O)(=O)N2CC[NH+](Cc3ccc4c(c3)OCO4)CC2)ccc1F. The lowest BCUT2D eigenvalue weighted by Crippen LogP contribution is -3.13. The molecule has 8 nitrogen and oxygen atoms in total. The standard InChI is InChI=1S/C27H28FN3O5S/c1-18-4-3-5-19(2)26(18)29-27(32)22-15-21(7-8-23(22)28)37(33,34)31-12-10-30(11-13-31)16-20-6-9-24-25(14-20)36-17-35-24/h3-9,14-15H,10-13,16-17H2,1-2H3,(H,29,32)/p+1. The molecule has 37 heavy (non-hydrogen) atoms. The van der Waals surface area contributed by atoms with Gasteiger partial charge in [0, 0.05) is 11.3 Å². The van der Waals surface area contributed by atoms with E-state index in [1.54, 1.807) is 0 Å². The second-order valence-electron chi connectivity index (χ2n) is 9.38. The van der Waals surface area contributed by atoms with Crippen molar-refractivity contribution in [1.29, 1.82) is 0 Å². The molecule has 2 aliphatic rings. The first kappa shape index (κ1) is 25.2. The van der Waals surface area contributed by atoms with Crippen LogP contribution in [0.1, 0.15) is 27.0 Å². The van der Waals surface area contributed by atoms with Crippen LogP contribution in [0, 0.1) is 19.7 Å². The summed E-state index contributed by atoms with van der Waals surface area (Å²) in [5.74, 6) is -0.00600. The first-order chi connectivity index (χ1) is 17.7. The second-order valence-corrected chi connectivity index (χ2v) is 11.3. The van der Waals surface area contributed by atoms with Crippen LogP contribution in [0.3, 0.4) is 0 Å². The third-order valence-corrected chi connectivity index (χ3v) is 8.76. The van der Waals surface area contributed by atoms with Crippen molar-refractivity contribution < 1.29 is 32.0 Å². The molecule has 5 rings (SSSR count). The fourth-order valence-corrected chi connectivity index (χ4v) is 6.21. The van der Waals surface area contributed by atoms with Gasteiger partial charge >= 0.3 is 0 Å². The van der Waals surface area contributed by atoms with Gasteiger partial charge in [0.1, 0.15) is 12.4 Å². The van der Waals surface area contributed by atoms with Gasteiger partial charge in [-0.1, -0.05) is 18.2 Å². The third kappa shape index (κ3) is 5.18. The number of aryl methyl sites for hydroxylation is 2. The number of amides is 1. The van der Waals surface area contributed by atoms with Crippen LogP contribution in [0.2, 0.25) is 0 Å². The number of sulfonamides is 1. The molecule has 3 aromatic rings. The number of carbonyl (C=O) groups excluding carboxylic acids is 1. The molecule has 0 bridgehead atoms. The van der Waals surface area contributed by atoms with Crippen molar-refractivity contribution in [2.24, 2.45) is 0 Å². The number of anilines is 1. The molecular weight excluding hydrogens is 497 g/mol. The maximum absolute atomic E-state index is 14.6. The second kappa shape index (κ2) is 10.1. The Balaban J connectivity index is 1.27. The monoisotopic (exact) mass is 526 g/mol. The molecule has 0 aromatic heterocycles. The summed E-state index contributed by atoms with van der Waals surface area (Å²) in [6.07, 6.45) is 0. The molecule has 2 heterocycles. The smallest absolute Gasteiger partial charge is 0.258 e. The topological polar surface area (TPSA) is 89.4 Å². The maximum Gasteiger partial charge on any atom is 0.258 e. The Bertz CT molecular complexity index is 1430. The van der Waals surface area contributed by atoms with Crippen molar-refractivity contribution in [2.75, 3.05) is 38.3 Å². The Labute approximate surface area is 215 Å². The zero-order chi connectivity index (χ0) is 26.2. The average Bonchev–Trinajstić information content (AvgIpc) is 3.35. The fourth-order valence-electron chi connectivity index (χ4n) is 4.74. The summed E-state index contributed by atoms with van der Waals surface area (Å²) in [6.45, 7) is 6.53. The molecule has 0 radical (unpaired) electrons. The lowest BCUT2D eigenvalue weighted by molar-refractivity contribution is -0.917. The fraction of sp³-hybridized carbons (Fsp3) is 0.296. The van der Waals surface area contributed by atoms with Crippen molar-refractivity contribution in [3.63, 3.8) is 0 Å². The van der Waals surface area contributed by atoms with E-state index in [1.165, 1.54) is 15.3 Å². The van der Waals surface area contributed by atoms with Gasteiger partial charge in [-0.05, 0) is 61.4 Å². The highest BCUT2D eigenvalue weighted by Gasteiger charge is 2.31. The molecule has 2 N–H and O–H groups in total. The minimum atomic E-state index is -3.89. The molecular formula is C27H29FN3O5S+. The number of fused-ring (bicyclic) bond motifs is 1. The zero-order valence-corrected chi connectivity index (χ0v) is 21.5. The molecule has 0 saturated carbocycles. The van der Waals surface area contributed by atoms with E-state index in [9.17, 15) is 17.6 Å². The Kier molecular flexibility index (Phi) is 6.89. The quantitative estimate of drug-likeness (QED) is 0.515. The van der Waals surface area contributed by atoms with Gasteiger partial charge in [-0.15, -0.1) is 0 Å². The van der Waals surface area contributed by atoms with Crippen LogP contribution < -0.4 is 19.7 Å². The number of nitrogens with one attached hydrogen (secondary N) is 2. The van der Waals surface area contributed by atoms with Gasteiger partial charge in [0.25, 0.3) is 5.91 Å². The van der Waals surface area contributed by atoms with E-state index in [0.717, 1.165) is 46.9 Å². The van der Waals surface area contributed by atoms with Crippen LogP contribution in [0.4, 0.5) is 10.1 Å². The highest BCUT2D eigenvalue weighted by molar-refractivity contribution is 7.89. The molecule has 3 aromatic carbocycles. The van der Waals surface area contributed by atoms with Gasteiger partial charge < -0.3 is 19.7 Å². The lowest BCUT2D eigenvalue weighted by Gasteiger charge is -2.31. The number of hydrogen-bond acceptors (Lipinski definition) is 5. The molecule has 1 fully saturated rings. The number of carbonyl (C=O) groups is 1. The van der Waals surface area contributed by atoms with Crippen molar-refractivity contribution in [3.8, 4) is 11.5 Å². The number of piperazine rings is 1. The number of hydrogen-bond donors (Lipinski definition) is 2. The Morgan fingerprint density at radius 2 is 1.70 bits per heavy atom. The third-order valence-electron chi connectivity index (χ3n) is 6.86. The minimum absolute atomic E-state index is 0.0974. The summed E-state index contributed by atoms with van der Waals surface area (Å²) in [6, 6.07) is 14.8. The summed E-state index contributed by atoms with van der Waals surface area (Å²) in [4.78, 5) is 14.1. The van der Waals surface area contributed by atoms with Crippen molar-refractivity contribution >= 4 is 21.6 Å². The first-order valence-corrected chi connectivity index (χ1v) is 13.6. The Morgan fingerprint density at radius 3 is 2.43 bits per heavy atom. The molecule has 10 heteroatoms. The van der Waals surface area contributed by atoms with Crippen LogP contribution in [0.15, 0.2) is 59.5 Å². The van der Waals surface area contributed by atoms with Gasteiger partial charge in [-0.2, -0.15) is 4.31 Å². The highest BCUT2D eigenvalue weighted by atomic mass is 32.2. The molecule has 0 spiro atoms. The number of benzene rings is 3. The van der Waals surface area contributed by atoms with Crippen molar-refractivity contribution in [1.82, 2.24) is 4.31 Å². The van der Waals surface area contributed by atoms with Gasteiger partial charge in [0.05, 0.1) is 36.6 Å². The zero-order valence-electron chi connectivity index (χ0n) is 20.7. The van der Waals surface area contributed by atoms with Crippen LogP contribution >= 0.6 is 0 Å². The highest BCUT2D eigenvalue weighted by Crippen LogP contribution is 2.32. The van der Waals surface area contributed by atoms with Gasteiger partial charge in [-0.3, -0.25) is 4.79 Å². The van der Waals surface area contributed by atoms with E-state index in [2.05, 4.69) is 5.32 Å². The van der Waals surface area contributed by atoms with Crippen LogP contribution in [0.5, 0.6) is 11.5 Å². The number of halogens is 1. The van der Waals surface area contributed by atoms with E-state index >= 15 is 0 Å². The van der Waals surface area contributed by atoms with E-state index in [-0.39, 0.29) is 17.3 Å². The van der Waals surface area contributed by atoms with E-state index in [0.29, 0.717) is 31.9 Å². The summed E-state index contributed by atoms with van der Waals surface area (Å²) in [5, 5.41) is 2.73. The average molecular weight is 527 g/mol. The molecule has 0 unspecified atom stereocenters. The maximum atomic E-state index is 14.6. The van der Waals surface area contributed by atoms with E-state index in [1.807, 2.05) is 50.2 Å². The van der Waals surface area contributed by atoms with Gasteiger partial charge in [-0.25, -0.2) is 12.8 Å². The van der Waals surface area contributed by atoms with E-state index < -0.39 is 21.7 Å². The largest absolute Gasteiger partial charge is 0.454 e. The number of para-hydroxylation sites is 1. The molecule has 2 aliphatic heterocycles. The van der Waals surface area contributed by atoms with Crippen molar-refractivity contribution in [2.45, 2.75) is 25.3 Å². The minimum Gasteiger partial charge on any atom is -0.454 e. The van der Waals surface area contributed by atoms with E-state index in [4.69, 9.17) is 9.47 Å². The first-order valence-electron chi connectivity index (χ1n) is 12.1. The number of rotatable bonds is 6. The summed E-state index contributed by atoms with van der Waals surface area (Å²) >= 11 is 0. The van der Waals surface area contributed by atoms with Crippen LogP contribution in [-0.4, -0.2) is 51.6 Å². The van der Waals surface area contributed by atoms with Crippen LogP contribution in [0.25, 0.3) is 0 Å². The molecule has 194 valence electrons. The number of nitrogens with zero attached hydrogens (tertiary/aromatic N) is 1. The van der Waals surface area contributed by atoms with Crippen molar-refractivity contribution in [3.05, 3.63) is 82.7 Å². The molecule has 1 saturated heterocycles. The molecule has 0 atom stereocenters. The summed E-state index contributed by atoms with van der Waals surface area (Å²) in [7, 11) is -3.89. The van der Waals surface area contributed by atoms with Gasteiger partial charge in [0.2, 0.25) is 16.8 Å². The molecule has 1 amide bonds. The predicted molar refractivity (Wildman–Crippen MR) is 136 cm³/mol. The van der Waals surface area contributed by atoms with Crippen LogP contribution in [-0.2, 0) is 16.6 Å². The predicted octanol–water partition coefficient (Wildman–Crippen LogP) is 2.51. The summed E-state index contributed by atoms with van der Waals surface area (Å²) < 4.78 is 53.5. The number of ether oxygens (including phenoxy) is 2.